The van der Waals surface area contributed by atoms with E-state index < -0.39 is 0 Å². The lowest BCUT2D eigenvalue weighted by atomic mass is 9.80. The average Bonchev–Trinajstić information content (AvgIpc) is 2.38. The van der Waals surface area contributed by atoms with Crippen molar-refractivity contribution >= 4 is 12.6 Å². The van der Waals surface area contributed by atoms with Crippen molar-refractivity contribution in [3.8, 4) is 0 Å². The van der Waals surface area contributed by atoms with Crippen LogP contribution in [-0.4, -0.2) is 4.75 Å². The molecule has 0 aromatic heterocycles. The largest absolute Gasteiger partial charge is 0.168 e. The van der Waals surface area contributed by atoms with Crippen molar-refractivity contribution in [3.63, 3.8) is 0 Å². The second-order valence-corrected chi connectivity index (χ2v) is 5.95. The Labute approximate surface area is 120 Å². The zero-order valence-corrected chi connectivity index (χ0v) is 13.7. The predicted octanol–water partition coefficient (Wildman–Crippen LogP) is 6.11. The number of thiol groups is 1. The second kappa shape index (κ2) is 8.63. The van der Waals surface area contributed by atoms with E-state index in [0.717, 1.165) is 0 Å². The first-order valence-corrected chi connectivity index (χ1v) is 7.65. The third kappa shape index (κ3) is 5.06. The standard InChI is InChI=1S/C15H24S.C2H6/c1-5-13(4)11-14(12(2)3)15(16)9-7-6-8-10-15;1-2/h5,11,16H,1,6-10H2,2-4H3;1-2H3/b13-11-;. The van der Waals surface area contributed by atoms with Crippen molar-refractivity contribution in [2.45, 2.75) is 71.5 Å². The lowest BCUT2D eigenvalue weighted by Crippen LogP contribution is -2.27. The molecule has 0 radical (unpaired) electrons. The van der Waals surface area contributed by atoms with E-state index in [9.17, 15) is 0 Å². The minimum Gasteiger partial charge on any atom is -0.168 e. The molecule has 0 saturated heterocycles. The van der Waals surface area contributed by atoms with Crippen LogP contribution in [0, 0.1) is 0 Å². The molecule has 1 aliphatic carbocycles. The van der Waals surface area contributed by atoms with Crippen LogP contribution >= 0.6 is 12.6 Å². The summed E-state index contributed by atoms with van der Waals surface area (Å²) in [7, 11) is 0. The van der Waals surface area contributed by atoms with E-state index in [-0.39, 0.29) is 4.75 Å². The number of hydrogen-bond donors (Lipinski definition) is 1. The summed E-state index contributed by atoms with van der Waals surface area (Å²) in [5, 5.41) is 0. The SMILES string of the molecule is C=C/C(C)=C\C(=C(C)C)C1(S)CCCCC1.CC. The maximum absolute atomic E-state index is 4.96. The molecule has 1 aliphatic rings. The molecule has 0 atom stereocenters. The molecule has 0 nitrogen and oxygen atoms in total. The summed E-state index contributed by atoms with van der Waals surface area (Å²) in [5.41, 5.74) is 4.03. The van der Waals surface area contributed by atoms with Gasteiger partial charge in [0.15, 0.2) is 0 Å². The zero-order chi connectivity index (χ0) is 14.2. The Morgan fingerprint density at radius 3 is 1.94 bits per heavy atom. The summed E-state index contributed by atoms with van der Waals surface area (Å²) in [6, 6.07) is 0. The van der Waals surface area contributed by atoms with Gasteiger partial charge in [0.1, 0.15) is 0 Å². The molecule has 0 aliphatic heterocycles. The maximum atomic E-state index is 4.96. The predicted molar refractivity (Wildman–Crippen MR) is 88.5 cm³/mol. The van der Waals surface area contributed by atoms with Crippen LogP contribution in [0.4, 0.5) is 0 Å². The van der Waals surface area contributed by atoms with Crippen molar-refractivity contribution < 1.29 is 0 Å². The first-order chi connectivity index (χ1) is 8.49. The average molecular weight is 266 g/mol. The quantitative estimate of drug-likeness (QED) is 0.462. The van der Waals surface area contributed by atoms with Crippen LogP contribution in [0.15, 0.2) is 35.5 Å². The lowest BCUT2D eigenvalue weighted by molar-refractivity contribution is 0.443. The van der Waals surface area contributed by atoms with Gasteiger partial charge in [0.25, 0.3) is 0 Å². The Bertz CT molecular complexity index is 311. The summed E-state index contributed by atoms with van der Waals surface area (Å²) in [5.74, 6) is 0. The summed E-state index contributed by atoms with van der Waals surface area (Å²) in [4.78, 5) is 0. The first-order valence-electron chi connectivity index (χ1n) is 7.20. The highest BCUT2D eigenvalue weighted by atomic mass is 32.1. The third-order valence-corrected chi connectivity index (χ3v) is 4.10. The third-order valence-electron chi connectivity index (χ3n) is 3.41. The molecule has 1 fully saturated rings. The molecular formula is C17H30S. The molecule has 0 N–H and O–H groups in total. The van der Waals surface area contributed by atoms with E-state index in [1.165, 1.54) is 48.8 Å². The summed E-state index contributed by atoms with van der Waals surface area (Å²) in [6.45, 7) is 14.3. The first kappa shape index (κ1) is 17.6. The minimum atomic E-state index is 0.0986. The van der Waals surface area contributed by atoms with E-state index in [1.807, 2.05) is 19.9 Å². The fourth-order valence-corrected chi connectivity index (χ4v) is 3.04. The Balaban J connectivity index is 0.00000137. The molecule has 1 saturated carbocycles. The molecule has 0 unspecified atom stereocenters. The van der Waals surface area contributed by atoms with Crippen molar-refractivity contribution in [2.75, 3.05) is 0 Å². The van der Waals surface area contributed by atoms with Gasteiger partial charge in [-0.15, -0.1) is 0 Å². The highest BCUT2D eigenvalue weighted by Crippen LogP contribution is 2.41. The zero-order valence-electron chi connectivity index (χ0n) is 12.8. The van der Waals surface area contributed by atoms with E-state index in [0.29, 0.717) is 0 Å². The van der Waals surface area contributed by atoms with Crippen molar-refractivity contribution in [1.82, 2.24) is 0 Å². The molecular weight excluding hydrogens is 236 g/mol. The van der Waals surface area contributed by atoms with Crippen LogP contribution in [0.3, 0.4) is 0 Å². The van der Waals surface area contributed by atoms with E-state index in [4.69, 9.17) is 12.6 Å². The molecule has 0 spiro atoms. The highest BCUT2D eigenvalue weighted by Gasteiger charge is 2.31. The van der Waals surface area contributed by atoms with E-state index >= 15 is 0 Å². The Morgan fingerprint density at radius 1 is 1.06 bits per heavy atom. The maximum Gasteiger partial charge on any atom is 0.0377 e. The number of rotatable bonds is 3. The molecule has 0 amide bonds. The van der Waals surface area contributed by atoms with Crippen molar-refractivity contribution in [1.29, 1.82) is 0 Å². The van der Waals surface area contributed by atoms with Crippen LogP contribution in [0.5, 0.6) is 0 Å². The topological polar surface area (TPSA) is 0 Å². The van der Waals surface area contributed by atoms with E-state index in [1.54, 1.807) is 0 Å². The van der Waals surface area contributed by atoms with Crippen LogP contribution in [-0.2, 0) is 0 Å². The Kier molecular flexibility index (Phi) is 8.43. The fourth-order valence-electron chi connectivity index (χ4n) is 2.44. The van der Waals surface area contributed by atoms with Crippen LogP contribution in [0.2, 0.25) is 0 Å². The Hall–Kier alpha value is -0.430. The summed E-state index contributed by atoms with van der Waals surface area (Å²) < 4.78 is 0.0986. The van der Waals surface area contributed by atoms with Gasteiger partial charge in [0.2, 0.25) is 0 Å². The minimum absolute atomic E-state index is 0.0986. The highest BCUT2D eigenvalue weighted by molar-refractivity contribution is 7.82. The van der Waals surface area contributed by atoms with Gasteiger partial charge in [0, 0.05) is 4.75 Å². The number of hydrogen-bond acceptors (Lipinski definition) is 1. The van der Waals surface area contributed by atoms with Gasteiger partial charge in [-0.2, -0.15) is 12.6 Å². The van der Waals surface area contributed by atoms with Gasteiger partial charge in [0.05, 0.1) is 0 Å². The molecule has 0 aromatic rings. The van der Waals surface area contributed by atoms with Gasteiger partial charge in [-0.05, 0) is 39.2 Å². The monoisotopic (exact) mass is 266 g/mol. The molecule has 1 heteroatoms. The van der Waals surface area contributed by atoms with E-state index in [2.05, 4.69) is 33.4 Å². The smallest absolute Gasteiger partial charge is 0.0377 e. The van der Waals surface area contributed by atoms with Crippen LogP contribution in [0.25, 0.3) is 0 Å². The van der Waals surface area contributed by atoms with Crippen LogP contribution < -0.4 is 0 Å². The van der Waals surface area contributed by atoms with Gasteiger partial charge in [-0.1, -0.05) is 63.0 Å². The van der Waals surface area contributed by atoms with Gasteiger partial charge < -0.3 is 0 Å². The molecule has 0 aromatic carbocycles. The summed E-state index contributed by atoms with van der Waals surface area (Å²) >= 11 is 4.96. The van der Waals surface area contributed by atoms with Crippen molar-refractivity contribution in [2.24, 2.45) is 0 Å². The molecule has 0 heterocycles. The molecule has 18 heavy (non-hydrogen) atoms. The lowest BCUT2D eigenvalue weighted by Gasteiger charge is -2.35. The van der Waals surface area contributed by atoms with Crippen LogP contribution in [0.1, 0.15) is 66.7 Å². The molecule has 1 rings (SSSR count). The molecule has 0 bridgehead atoms. The van der Waals surface area contributed by atoms with Gasteiger partial charge in [-0.3, -0.25) is 0 Å². The number of allylic oxidation sites excluding steroid dienone is 4. The second-order valence-electron chi connectivity index (χ2n) is 5.10. The summed E-state index contributed by atoms with van der Waals surface area (Å²) in [6.07, 6.45) is 10.6. The van der Waals surface area contributed by atoms with Gasteiger partial charge in [-0.25, -0.2) is 0 Å². The molecule has 104 valence electrons. The van der Waals surface area contributed by atoms with Gasteiger partial charge >= 0.3 is 0 Å². The van der Waals surface area contributed by atoms with Crippen molar-refractivity contribution in [3.05, 3.63) is 35.5 Å². The Morgan fingerprint density at radius 2 is 1.56 bits per heavy atom. The fraction of sp³-hybridized carbons (Fsp3) is 0.647. The normalized spacial score (nSPS) is 18.4.